The molecule has 6 heteroatoms. The molecule has 2 aromatic rings. The van der Waals surface area contributed by atoms with Crippen LogP contribution in [0.4, 0.5) is 0 Å². The van der Waals surface area contributed by atoms with Crippen molar-refractivity contribution in [3.05, 3.63) is 29.3 Å². The Morgan fingerprint density at radius 3 is 3.00 bits per heavy atom. The van der Waals surface area contributed by atoms with E-state index in [0.29, 0.717) is 12.2 Å². The van der Waals surface area contributed by atoms with Gasteiger partial charge in [-0.15, -0.1) is 11.3 Å². The highest BCUT2D eigenvalue weighted by Gasteiger charge is 2.21. The zero-order valence-electron chi connectivity index (χ0n) is 10.4. The van der Waals surface area contributed by atoms with Crippen LogP contribution in [0, 0.1) is 0 Å². The average molecular weight is 264 g/mol. The molecule has 96 valence electrons. The second kappa shape index (κ2) is 4.91. The molecule has 2 rings (SSSR count). The van der Waals surface area contributed by atoms with Crippen LogP contribution in [0.1, 0.15) is 24.3 Å². The molecule has 0 saturated carbocycles. The highest BCUT2D eigenvalue weighted by Crippen LogP contribution is 2.22. The molecule has 0 saturated heterocycles. The Morgan fingerprint density at radius 1 is 1.61 bits per heavy atom. The fourth-order valence-corrected chi connectivity index (χ4v) is 2.11. The van der Waals surface area contributed by atoms with Gasteiger partial charge in [0, 0.05) is 12.1 Å². The van der Waals surface area contributed by atoms with Crippen molar-refractivity contribution in [2.45, 2.75) is 19.4 Å². The first kappa shape index (κ1) is 12.8. The molecule has 0 spiro atoms. The Bertz CT molecular complexity index is 530. The Morgan fingerprint density at radius 2 is 2.39 bits per heavy atom. The first-order valence-electron chi connectivity index (χ1n) is 5.64. The van der Waals surface area contributed by atoms with Crippen LogP contribution < -0.4 is 11.1 Å². The number of carbonyl (C=O) groups excluding carboxylic acids is 1. The number of nitrogens with one attached hydrogen (secondary N) is 2. The number of H-pyrrole nitrogens is 1. The molecule has 0 atom stereocenters. The van der Waals surface area contributed by atoms with Crippen LogP contribution in [0.2, 0.25) is 0 Å². The first-order chi connectivity index (χ1) is 8.52. The van der Waals surface area contributed by atoms with Gasteiger partial charge in [0.05, 0.1) is 10.6 Å². The summed E-state index contributed by atoms with van der Waals surface area (Å²) in [5.74, 6) is -0.218. The minimum atomic E-state index is -0.431. The van der Waals surface area contributed by atoms with Crippen molar-refractivity contribution >= 4 is 17.2 Å². The number of hydrogen-bond donors (Lipinski definition) is 3. The van der Waals surface area contributed by atoms with E-state index in [9.17, 15) is 4.79 Å². The second-order valence-corrected chi connectivity index (χ2v) is 5.63. The SMILES string of the molecule is CC(C)(CN)NC(=O)c1cc(-c2cccs2)[nH]n1. The summed E-state index contributed by atoms with van der Waals surface area (Å²) in [5, 5.41) is 11.7. The monoisotopic (exact) mass is 264 g/mol. The van der Waals surface area contributed by atoms with Crippen LogP contribution in [0.15, 0.2) is 23.6 Å². The molecule has 0 aromatic carbocycles. The van der Waals surface area contributed by atoms with Crippen molar-refractivity contribution < 1.29 is 4.79 Å². The fourth-order valence-electron chi connectivity index (χ4n) is 1.42. The maximum atomic E-state index is 12.0. The number of thiophene rings is 1. The lowest BCUT2D eigenvalue weighted by Gasteiger charge is -2.23. The zero-order chi connectivity index (χ0) is 13.2. The van der Waals surface area contributed by atoms with Gasteiger partial charge in [0.1, 0.15) is 0 Å². The van der Waals surface area contributed by atoms with Crippen LogP contribution in [0.3, 0.4) is 0 Å². The predicted octanol–water partition coefficient (Wildman–Crippen LogP) is 1.61. The zero-order valence-corrected chi connectivity index (χ0v) is 11.2. The van der Waals surface area contributed by atoms with Gasteiger partial charge in [-0.25, -0.2) is 0 Å². The lowest BCUT2D eigenvalue weighted by Crippen LogP contribution is -2.48. The van der Waals surface area contributed by atoms with E-state index in [0.717, 1.165) is 10.6 Å². The van der Waals surface area contributed by atoms with E-state index in [-0.39, 0.29) is 5.91 Å². The Labute approximate surface area is 109 Å². The molecular formula is C12H16N4OS. The number of nitrogens with zero attached hydrogens (tertiary/aromatic N) is 1. The molecule has 18 heavy (non-hydrogen) atoms. The first-order valence-corrected chi connectivity index (χ1v) is 6.52. The van der Waals surface area contributed by atoms with E-state index in [1.165, 1.54) is 0 Å². The van der Waals surface area contributed by atoms with Gasteiger partial charge < -0.3 is 11.1 Å². The van der Waals surface area contributed by atoms with Gasteiger partial charge in [0.2, 0.25) is 0 Å². The molecule has 0 radical (unpaired) electrons. The maximum Gasteiger partial charge on any atom is 0.272 e. The van der Waals surface area contributed by atoms with Gasteiger partial charge >= 0.3 is 0 Å². The van der Waals surface area contributed by atoms with Gasteiger partial charge in [-0.2, -0.15) is 5.10 Å². The highest BCUT2D eigenvalue weighted by molar-refractivity contribution is 7.13. The summed E-state index contributed by atoms with van der Waals surface area (Å²) in [7, 11) is 0. The Hall–Kier alpha value is -1.66. The summed E-state index contributed by atoms with van der Waals surface area (Å²) in [6.07, 6.45) is 0. The largest absolute Gasteiger partial charge is 0.344 e. The summed E-state index contributed by atoms with van der Waals surface area (Å²) >= 11 is 1.60. The van der Waals surface area contributed by atoms with Crippen LogP contribution in [0.5, 0.6) is 0 Å². The summed E-state index contributed by atoms with van der Waals surface area (Å²) < 4.78 is 0. The predicted molar refractivity (Wildman–Crippen MR) is 72.5 cm³/mol. The molecule has 0 aliphatic carbocycles. The molecule has 4 N–H and O–H groups in total. The lowest BCUT2D eigenvalue weighted by atomic mass is 10.1. The van der Waals surface area contributed by atoms with Crippen LogP contribution in [-0.2, 0) is 0 Å². The van der Waals surface area contributed by atoms with E-state index in [1.807, 2.05) is 31.4 Å². The molecule has 0 unspecified atom stereocenters. The summed E-state index contributed by atoms with van der Waals surface area (Å²) in [6, 6.07) is 5.68. The molecule has 0 aliphatic rings. The molecule has 2 heterocycles. The van der Waals surface area contributed by atoms with Crippen LogP contribution in [-0.4, -0.2) is 28.2 Å². The summed E-state index contributed by atoms with van der Waals surface area (Å²) in [4.78, 5) is 13.0. The van der Waals surface area contributed by atoms with Gasteiger partial charge in [0.25, 0.3) is 5.91 Å². The van der Waals surface area contributed by atoms with Crippen LogP contribution >= 0.6 is 11.3 Å². The number of carbonyl (C=O) groups is 1. The van der Waals surface area contributed by atoms with E-state index >= 15 is 0 Å². The highest BCUT2D eigenvalue weighted by atomic mass is 32.1. The number of nitrogens with two attached hydrogens (primary N) is 1. The average Bonchev–Trinajstić information content (AvgIpc) is 2.99. The minimum Gasteiger partial charge on any atom is -0.344 e. The van der Waals surface area contributed by atoms with Crippen molar-refractivity contribution in [2.75, 3.05) is 6.54 Å². The second-order valence-electron chi connectivity index (χ2n) is 4.69. The third-order valence-electron chi connectivity index (χ3n) is 2.56. The third kappa shape index (κ3) is 2.77. The number of aromatic amines is 1. The van der Waals surface area contributed by atoms with Gasteiger partial charge in [0.15, 0.2) is 5.69 Å². The molecule has 2 aromatic heterocycles. The van der Waals surface area contributed by atoms with E-state index in [4.69, 9.17) is 5.73 Å². The van der Waals surface area contributed by atoms with E-state index in [1.54, 1.807) is 17.4 Å². The van der Waals surface area contributed by atoms with Crippen molar-refractivity contribution in [3.8, 4) is 10.6 Å². The van der Waals surface area contributed by atoms with Crippen molar-refractivity contribution in [1.29, 1.82) is 0 Å². The fraction of sp³-hybridized carbons (Fsp3) is 0.333. The molecule has 0 aliphatic heterocycles. The van der Waals surface area contributed by atoms with Crippen molar-refractivity contribution in [1.82, 2.24) is 15.5 Å². The van der Waals surface area contributed by atoms with Crippen LogP contribution in [0.25, 0.3) is 10.6 Å². The van der Waals surface area contributed by atoms with E-state index < -0.39 is 5.54 Å². The lowest BCUT2D eigenvalue weighted by molar-refractivity contribution is 0.0910. The number of amides is 1. The maximum absolute atomic E-state index is 12.0. The molecule has 5 nitrogen and oxygen atoms in total. The summed E-state index contributed by atoms with van der Waals surface area (Å²) in [5.41, 5.74) is 6.37. The number of rotatable bonds is 4. The Kier molecular flexibility index (Phi) is 3.49. The minimum absolute atomic E-state index is 0.218. The smallest absolute Gasteiger partial charge is 0.272 e. The number of hydrogen-bond acceptors (Lipinski definition) is 4. The van der Waals surface area contributed by atoms with Gasteiger partial charge in [-0.1, -0.05) is 6.07 Å². The van der Waals surface area contributed by atoms with Gasteiger partial charge in [-0.05, 0) is 31.4 Å². The van der Waals surface area contributed by atoms with Gasteiger partial charge in [-0.3, -0.25) is 9.89 Å². The number of aromatic nitrogens is 2. The standard InChI is InChI=1S/C12H16N4OS/c1-12(2,7-13)14-11(17)9-6-8(15-16-9)10-4-3-5-18-10/h3-6H,7,13H2,1-2H3,(H,14,17)(H,15,16). The quantitative estimate of drug-likeness (QED) is 0.784. The molecule has 1 amide bonds. The summed E-state index contributed by atoms with van der Waals surface area (Å²) in [6.45, 7) is 4.12. The van der Waals surface area contributed by atoms with Crippen molar-refractivity contribution in [2.24, 2.45) is 5.73 Å². The third-order valence-corrected chi connectivity index (χ3v) is 3.46. The topological polar surface area (TPSA) is 83.8 Å². The van der Waals surface area contributed by atoms with Crippen molar-refractivity contribution in [3.63, 3.8) is 0 Å². The molecule has 0 bridgehead atoms. The molecular weight excluding hydrogens is 248 g/mol. The Balaban J connectivity index is 2.13. The normalized spacial score (nSPS) is 11.5. The van der Waals surface area contributed by atoms with E-state index in [2.05, 4.69) is 15.5 Å². The molecule has 0 fully saturated rings.